The predicted octanol–water partition coefficient (Wildman–Crippen LogP) is 4.72. The van der Waals surface area contributed by atoms with Crippen LogP contribution in [0.25, 0.3) is 5.57 Å². The number of nitrogens with zero attached hydrogens (tertiary/aromatic N) is 1. The van der Waals surface area contributed by atoms with Crippen molar-refractivity contribution in [2.45, 2.75) is 40.0 Å². The Bertz CT molecular complexity index is 1180. The van der Waals surface area contributed by atoms with Crippen molar-refractivity contribution in [1.29, 1.82) is 0 Å². The van der Waals surface area contributed by atoms with Crippen LogP contribution in [0, 0.1) is 18.2 Å². The minimum Gasteiger partial charge on any atom is -0.370 e. The summed E-state index contributed by atoms with van der Waals surface area (Å²) in [5.74, 6) is -0.894. The molecule has 0 aromatic heterocycles. The van der Waals surface area contributed by atoms with Crippen molar-refractivity contribution in [2.75, 3.05) is 23.8 Å². The summed E-state index contributed by atoms with van der Waals surface area (Å²) in [5, 5.41) is 2.69. The molecule has 0 atom stereocenters. The van der Waals surface area contributed by atoms with E-state index in [1.807, 2.05) is 26.1 Å². The number of nitrogens with one attached hydrogen (secondary N) is 1. The van der Waals surface area contributed by atoms with Gasteiger partial charge < -0.3 is 10.2 Å². The first-order chi connectivity index (χ1) is 15.1. The fraction of sp³-hybridized carbons (Fsp3) is 0.346. The molecular weight excluding hydrogens is 407 g/mol. The quantitative estimate of drug-likeness (QED) is 0.528. The third-order valence-corrected chi connectivity index (χ3v) is 6.64. The van der Waals surface area contributed by atoms with Crippen LogP contribution in [0.15, 0.2) is 36.4 Å². The molecule has 5 nitrogen and oxygen atoms in total. The van der Waals surface area contributed by atoms with Gasteiger partial charge in [-0.25, -0.2) is 4.39 Å². The highest BCUT2D eigenvalue weighted by Gasteiger charge is 2.54. The Morgan fingerprint density at radius 2 is 1.84 bits per heavy atom. The number of fused-ring (bicyclic) bond motifs is 1. The van der Waals surface area contributed by atoms with E-state index in [9.17, 15) is 18.8 Å². The van der Waals surface area contributed by atoms with Crippen LogP contribution in [-0.2, 0) is 16.0 Å². The highest BCUT2D eigenvalue weighted by Crippen LogP contribution is 2.47. The molecule has 4 rings (SSSR count). The first-order valence-corrected chi connectivity index (χ1v) is 10.8. The van der Waals surface area contributed by atoms with Crippen LogP contribution in [0.4, 0.5) is 15.8 Å². The van der Waals surface area contributed by atoms with E-state index in [0.29, 0.717) is 42.6 Å². The lowest BCUT2D eigenvalue weighted by Gasteiger charge is -2.29. The predicted molar refractivity (Wildman–Crippen MR) is 124 cm³/mol. The monoisotopic (exact) mass is 434 g/mol. The zero-order valence-electron chi connectivity index (χ0n) is 18.8. The van der Waals surface area contributed by atoms with Crippen LogP contribution in [0.3, 0.4) is 0 Å². The molecule has 0 bridgehead atoms. The summed E-state index contributed by atoms with van der Waals surface area (Å²) in [6.45, 7) is 5.57. The van der Waals surface area contributed by atoms with Crippen molar-refractivity contribution >= 4 is 34.4 Å². The fourth-order valence-corrected chi connectivity index (χ4v) is 4.36. The second-order valence-electron chi connectivity index (χ2n) is 8.93. The first-order valence-electron chi connectivity index (χ1n) is 10.8. The minimum atomic E-state index is -0.936. The minimum absolute atomic E-state index is 0.0243. The Balaban J connectivity index is 1.56. The van der Waals surface area contributed by atoms with Gasteiger partial charge in [0.2, 0.25) is 5.91 Å². The summed E-state index contributed by atoms with van der Waals surface area (Å²) in [6, 6.07) is 8.57. The highest BCUT2D eigenvalue weighted by molar-refractivity contribution is 6.13. The number of allylic oxidation sites excluding steroid dienone is 1. The van der Waals surface area contributed by atoms with Crippen molar-refractivity contribution in [2.24, 2.45) is 5.41 Å². The molecule has 0 saturated heterocycles. The summed E-state index contributed by atoms with van der Waals surface area (Å²) in [4.78, 5) is 38.2. The number of ketones is 2. The van der Waals surface area contributed by atoms with Crippen LogP contribution in [0.2, 0.25) is 0 Å². The van der Waals surface area contributed by atoms with E-state index < -0.39 is 11.2 Å². The third-order valence-electron chi connectivity index (χ3n) is 6.64. The highest BCUT2D eigenvalue weighted by atomic mass is 19.1. The molecule has 1 heterocycles. The smallest absolute Gasteiger partial charge is 0.238 e. The van der Waals surface area contributed by atoms with Crippen molar-refractivity contribution in [3.63, 3.8) is 0 Å². The number of likely N-dealkylation sites (N-methyl/N-ethyl adjacent to an activating group) is 1. The van der Waals surface area contributed by atoms with E-state index in [1.54, 1.807) is 19.1 Å². The van der Waals surface area contributed by atoms with Gasteiger partial charge >= 0.3 is 0 Å². The lowest BCUT2D eigenvalue weighted by atomic mass is 9.90. The van der Waals surface area contributed by atoms with Crippen LogP contribution in [0.1, 0.15) is 53.7 Å². The molecule has 0 spiro atoms. The number of carbonyl (C=O) groups excluding carboxylic acids is 3. The number of rotatable bonds is 6. The lowest BCUT2D eigenvalue weighted by molar-refractivity contribution is -0.131. The van der Waals surface area contributed by atoms with Crippen LogP contribution >= 0.6 is 0 Å². The molecule has 1 aliphatic heterocycles. The average Bonchev–Trinajstić information content (AvgIpc) is 3.53. The van der Waals surface area contributed by atoms with Crippen molar-refractivity contribution < 1.29 is 18.8 Å². The molecule has 6 heteroatoms. The van der Waals surface area contributed by atoms with Gasteiger partial charge in [-0.15, -0.1) is 0 Å². The van der Waals surface area contributed by atoms with Gasteiger partial charge in [0.1, 0.15) is 17.0 Å². The molecule has 2 aliphatic rings. The van der Waals surface area contributed by atoms with Crippen LogP contribution in [0.5, 0.6) is 0 Å². The standard InChI is InChI=1S/C26H27FN2O3/c1-15-11-22-18(7-10-29(4)24(22)14-21(15)16(2)30)12-19-5-6-20(13-23(19)27)28-25(32)26(8-9-26)17(3)31/h5-7,11,13-14H,8-10,12H2,1-4H3,(H,28,32). The summed E-state index contributed by atoms with van der Waals surface area (Å²) in [6.07, 6.45) is 3.56. The Labute approximate surface area is 187 Å². The van der Waals surface area contributed by atoms with Gasteiger partial charge in [-0.1, -0.05) is 12.1 Å². The van der Waals surface area contributed by atoms with Crippen LogP contribution < -0.4 is 10.2 Å². The molecule has 0 radical (unpaired) electrons. The van der Waals surface area contributed by atoms with E-state index in [4.69, 9.17) is 0 Å². The van der Waals surface area contributed by atoms with Crippen molar-refractivity contribution in [3.05, 3.63) is 64.5 Å². The van der Waals surface area contributed by atoms with Gasteiger partial charge in [-0.3, -0.25) is 14.4 Å². The summed E-state index contributed by atoms with van der Waals surface area (Å²) >= 11 is 0. The second-order valence-corrected chi connectivity index (χ2v) is 8.93. The van der Waals surface area contributed by atoms with E-state index >= 15 is 0 Å². The molecule has 1 amide bonds. The molecular formula is C26H27FN2O3. The van der Waals surface area contributed by atoms with Gasteiger partial charge in [0.05, 0.1) is 0 Å². The summed E-state index contributed by atoms with van der Waals surface area (Å²) in [5.41, 5.74) is 4.48. The van der Waals surface area contributed by atoms with Gasteiger partial charge in [0.25, 0.3) is 0 Å². The largest absolute Gasteiger partial charge is 0.370 e. The number of halogens is 1. The maximum Gasteiger partial charge on any atom is 0.238 e. The number of aryl methyl sites for hydroxylation is 1. The molecule has 2 aromatic carbocycles. The molecule has 0 unspecified atom stereocenters. The number of benzene rings is 2. The number of amides is 1. The van der Waals surface area contributed by atoms with E-state index in [2.05, 4.69) is 16.3 Å². The summed E-state index contributed by atoms with van der Waals surface area (Å²) in [7, 11) is 1.97. The maximum absolute atomic E-state index is 14.9. The third kappa shape index (κ3) is 3.85. The van der Waals surface area contributed by atoms with Gasteiger partial charge in [0, 0.05) is 42.5 Å². The maximum atomic E-state index is 14.9. The van der Waals surface area contributed by atoms with Crippen molar-refractivity contribution in [1.82, 2.24) is 0 Å². The van der Waals surface area contributed by atoms with Gasteiger partial charge in [-0.2, -0.15) is 0 Å². The Kier molecular flexibility index (Phi) is 5.49. The Morgan fingerprint density at radius 3 is 2.44 bits per heavy atom. The van der Waals surface area contributed by atoms with Gasteiger partial charge in [-0.05, 0) is 74.6 Å². The number of hydrogen-bond acceptors (Lipinski definition) is 4. The zero-order chi connectivity index (χ0) is 23.2. The van der Waals surface area contributed by atoms with Crippen LogP contribution in [-0.4, -0.2) is 31.1 Å². The normalized spacial score (nSPS) is 16.2. The Morgan fingerprint density at radius 1 is 1.12 bits per heavy atom. The van der Waals surface area contributed by atoms with Gasteiger partial charge in [0.15, 0.2) is 5.78 Å². The molecule has 32 heavy (non-hydrogen) atoms. The first kappa shape index (κ1) is 21.9. The fourth-order valence-electron chi connectivity index (χ4n) is 4.36. The van der Waals surface area contributed by atoms with Crippen molar-refractivity contribution in [3.8, 4) is 0 Å². The number of hydrogen-bond donors (Lipinski definition) is 1. The molecule has 1 aliphatic carbocycles. The molecule has 1 saturated carbocycles. The summed E-state index contributed by atoms with van der Waals surface area (Å²) < 4.78 is 14.9. The van der Waals surface area contributed by atoms with E-state index in [0.717, 1.165) is 22.4 Å². The number of Topliss-reactive ketones (excluding diaryl/α,β-unsaturated/α-hetero) is 2. The zero-order valence-corrected chi connectivity index (χ0v) is 18.8. The lowest BCUT2D eigenvalue weighted by Crippen LogP contribution is -2.29. The SMILES string of the molecule is CC(=O)c1cc2c(cc1C)C(Cc1ccc(NC(=O)C3(C(C)=O)CC3)cc1F)=CCN2C. The van der Waals surface area contributed by atoms with E-state index in [-0.39, 0.29) is 17.5 Å². The number of anilines is 2. The Hall–Kier alpha value is -3.28. The second kappa shape index (κ2) is 8.01. The molecule has 2 aromatic rings. The topological polar surface area (TPSA) is 66.5 Å². The molecule has 1 N–H and O–H groups in total. The molecule has 1 fully saturated rings. The number of carbonyl (C=O) groups is 3. The molecule has 166 valence electrons. The average molecular weight is 435 g/mol. The van der Waals surface area contributed by atoms with E-state index in [1.165, 1.54) is 13.0 Å².